The molecular weight excluding hydrogens is 268 g/mol. The Morgan fingerprint density at radius 1 is 1.24 bits per heavy atom. The van der Waals surface area contributed by atoms with Crippen molar-refractivity contribution < 1.29 is 15.0 Å². The lowest BCUT2D eigenvalue weighted by Crippen LogP contribution is -2.29. The molecule has 0 amide bonds. The fourth-order valence-electron chi connectivity index (χ4n) is 2.19. The van der Waals surface area contributed by atoms with Gasteiger partial charge in [0.15, 0.2) is 0 Å². The van der Waals surface area contributed by atoms with Crippen molar-refractivity contribution in [3.05, 3.63) is 35.4 Å². The van der Waals surface area contributed by atoms with Crippen LogP contribution in [0.1, 0.15) is 37.4 Å². The Labute approximate surface area is 126 Å². The highest BCUT2D eigenvalue weighted by molar-refractivity contribution is 5.75. The van der Waals surface area contributed by atoms with Crippen LogP contribution in [0, 0.1) is 0 Å². The molecule has 1 rings (SSSR count). The van der Waals surface area contributed by atoms with E-state index in [0.717, 1.165) is 25.2 Å². The molecule has 5 nitrogen and oxygen atoms in total. The highest BCUT2D eigenvalue weighted by atomic mass is 16.4. The van der Waals surface area contributed by atoms with Crippen LogP contribution in [-0.4, -0.2) is 47.3 Å². The lowest BCUT2D eigenvalue weighted by molar-refractivity contribution is -0.139. The number of hydrogen-bond donors (Lipinski definition) is 3. The molecule has 21 heavy (non-hydrogen) atoms. The first kappa shape index (κ1) is 17.6. The number of aliphatic hydroxyl groups is 1. The molecule has 0 heterocycles. The molecule has 3 N–H and O–H groups in total. The average molecular weight is 294 g/mol. The summed E-state index contributed by atoms with van der Waals surface area (Å²) < 4.78 is 0. The molecule has 5 heteroatoms. The number of rotatable bonds is 10. The SMILES string of the molecule is CCN(CC)Cc1ccc(C(NCCCO)C(=O)O)cc1. The molecule has 1 unspecified atom stereocenters. The van der Waals surface area contributed by atoms with Crippen molar-refractivity contribution >= 4 is 5.97 Å². The zero-order chi connectivity index (χ0) is 15.7. The van der Waals surface area contributed by atoms with E-state index in [1.807, 2.05) is 24.3 Å². The summed E-state index contributed by atoms with van der Waals surface area (Å²) in [4.78, 5) is 13.6. The first-order valence-corrected chi connectivity index (χ1v) is 7.50. The molecule has 0 aliphatic carbocycles. The number of hydrogen-bond acceptors (Lipinski definition) is 4. The van der Waals surface area contributed by atoms with Gasteiger partial charge in [-0.3, -0.25) is 9.69 Å². The molecule has 0 aliphatic rings. The first-order chi connectivity index (χ1) is 10.1. The van der Waals surface area contributed by atoms with E-state index in [4.69, 9.17) is 5.11 Å². The summed E-state index contributed by atoms with van der Waals surface area (Å²) in [6.45, 7) is 7.67. The van der Waals surface area contributed by atoms with Gasteiger partial charge in [-0.15, -0.1) is 0 Å². The van der Waals surface area contributed by atoms with Crippen molar-refractivity contribution in [3.8, 4) is 0 Å². The molecule has 1 aromatic carbocycles. The monoisotopic (exact) mass is 294 g/mol. The normalized spacial score (nSPS) is 12.6. The number of nitrogens with one attached hydrogen (secondary N) is 1. The topological polar surface area (TPSA) is 72.8 Å². The van der Waals surface area contributed by atoms with Crippen LogP contribution in [0.5, 0.6) is 0 Å². The maximum atomic E-state index is 11.3. The van der Waals surface area contributed by atoms with Gasteiger partial charge >= 0.3 is 5.97 Å². The lowest BCUT2D eigenvalue weighted by atomic mass is 10.0. The van der Waals surface area contributed by atoms with E-state index in [-0.39, 0.29) is 6.61 Å². The highest BCUT2D eigenvalue weighted by Gasteiger charge is 2.18. The molecule has 1 atom stereocenters. The highest BCUT2D eigenvalue weighted by Crippen LogP contribution is 2.15. The minimum Gasteiger partial charge on any atom is -0.480 e. The molecule has 0 radical (unpaired) electrons. The van der Waals surface area contributed by atoms with Crippen LogP contribution < -0.4 is 5.32 Å². The number of aliphatic carboxylic acids is 1. The zero-order valence-electron chi connectivity index (χ0n) is 12.9. The Morgan fingerprint density at radius 3 is 2.33 bits per heavy atom. The van der Waals surface area contributed by atoms with E-state index in [1.54, 1.807) is 0 Å². The van der Waals surface area contributed by atoms with Gasteiger partial charge in [0, 0.05) is 13.2 Å². The maximum absolute atomic E-state index is 11.3. The summed E-state index contributed by atoms with van der Waals surface area (Å²) in [6, 6.07) is 6.97. The third-order valence-corrected chi connectivity index (χ3v) is 3.54. The third-order valence-electron chi connectivity index (χ3n) is 3.54. The first-order valence-electron chi connectivity index (χ1n) is 7.50. The Kier molecular flexibility index (Phi) is 7.97. The molecule has 0 fully saturated rings. The van der Waals surface area contributed by atoms with E-state index in [0.29, 0.717) is 13.0 Å². The predicted octanol–water partition coefficient (Wildman–Crippen LogP) is 1.63. The molecule has 0 aromatic heterocycles. The van der Waals surface area contributed by atoms with Crippen LogP contribution in [0.2, 0.25) is 0 Å². The fourth-order valence-corrected chi connectivity index (χ4v) is 2.19. The van der Waals surface area contributed by atoms with Gasteiger partial charge in [0.05, 0.1) is 0 Å². The van der Waals surface area contributed by atoms with Gasteiger partial charge in [0.2, 0.25) is 0 Å². The Hall–Kier alpha value is -1.43. The van der Waals surface area contributed by atoms with Gasteiger partial charge in [0.1, 0.15) is 6.04 Å². The van der Waals surface area contributed by atoms with Crippen LogP contribution >= 0.6 is 0 Å². The van der Waals surface area contributed by atoms with E-state index in [1.165, 1.54) is 5.56 Å². The maximum Gasteiger partial charge on any atom is 0.325 e. The average Bonchev–Trinajstić information content (AvgIpc) is 2.50. The Balaban J connectivity index is 2.71. The number of carbonyl (C=O) groups is 1. The smallest absolute Gasteiger partial charge is 0.325 e. The largest absolute Gasteiger partial charge is 0.480 e. The molecule has 0 spiro atoms. The molecule has 1 aromatic rings. The summed E-state index contributed by atoms with van der Waals surface area (Å²) in [5, 5.41) is 21.0. The molecule has 0 bridgehead atoms. The zero-order valence-corrected chi connectivity index (χ0v) is 12.9. The molecule has 0 saturated heterocycles. The predicted molar refractivity (Wildman–Crippen MR) is 83.1 cm³/mol. The van der Waals surface area contributed by atoms with Crippen LogP contribution in [0.15, 0.2) is 24.3 Å². The second-order valence-electron chi connectivity index (χ2n) is 5.01. The van der Waals surface area contributed by atoms with Crippen LogP contribution in [0.4, 0.5) is 0 Å². The van der Waals surface area contributed by atoms with Gasteiger partial charge < -0.3 is 15.5 Å². The fraction of sp³-hybridized carbons (Fsp3) is 0.562. The van der Waals surface area contributed by atoms with Crippen molar-refractivity contribution in [2.45, 2.75) is 32.9 Å². The second kappa shape index (κ2) is 9.50. The number of aliphatic hydroxyl groups excluding tert-OH is 1. The van der Waals surface area contributed by atoms with Gasteiger partial charge in [-0.1, -0.05) is 38.1 Å². The van der Waals surface area contributed by atoms with E-state index < -0.39 is 12.0 Å². The van der Waals surface area contributed by atoms with Gasteiger partial charge in [-0.05, 0) is 37.2 Å². The number of benzene rings is 1. The molecular formula is C16H26N2O3. The number of carboxylic acids is 1. The van der Waals surface area contributed by atoms with Crippen molar-refractivity contribution in [2.24, 2.45) is 0 Å². The van der Waals surface area contributed by atoms with Gasteiger partial charge in [-0.2, -0.15) is 0 Å². The molecule has 0 saturated carbocycles. The third kappa shape index (κ3) is 5.83. The minimum absolute atomic E-state index is 0.0577. The summed E-state index contributed by atoms with van der Waals surface area (Å²) >= 11 is 0. The Morgan fingerprint density at radius 2 is 1.86 bits per heavy atom. The Bertz CT molecular complexity index is 416. The van der Waals surface area contributed by atoms with Crippen molar-refractivity contribution in [2.75, 3.05) is 26.2 Å². The van der Waals surface area contributed by atoms with Crippen molar-refractivity contribution in [1.29, 1.82) is 0 Å². The standard InChI is InChI=1S/C16H26N2O3/c1-3-18(4-2)12-13-6-8-14(9-7-13)15(16(20)21)17-10-5-11-19/h6-9,15,17,19H,3-5,10-12H2,1-2H3,(H,20,21). The number of carboxylic acid groups (broad SMARTS) is 1. The van der Waals surface area contributed by atoms with Crippen LogP contribution in [0.25, 0.3) is 0 Å². The second-order valence-corrected chi connectivity index (χ2v) is 5.01. The number of nitrogens with zero attached hydrogens (tertiary/aromatic N) is 1. The molecule has 0 aliphatic heterocycles. The molecule has 118 valence electrons. The minimum atomic E-state index is -0.899. The lowest BCUT2D eigenvalue weighted by Gasteiger charge is -2.19. The van der Waals surface area contributed by atoms with E-state index >= 15 is 0 Å². The van der Waals surface area contributed by atoms with Crippen molar-refractivity contribution in [3.63, 3.8) is 0 Å². The van der Waals surface area contributed by atoms with E-state index in [9.17, 15) is 9.90 Å². The van der Waals surface area contributed by atoms with Crippen molar-refractivity contribution in [1.82, 2.24) is 10.2 Å². The van der Waals surface area contributed by atoms with Crippen LogP contribution in [-0.2, 0) is 11.3 Å². The summed E-state index contributed by atoms with van der Waals surface area (Å²) in [5.41, 5.74) is 1.92. The van der Waals surface area contributed by atoms with Gasteiger partial charge in [0.25, 0.3) is 0 Å². The van der Waals surface area contributed by atoms with Gasteiger partial charge in [-0.25, -0.2) is 0 Å². The summed E-state index contributed by atoms with van der Waals surface area (Å²) in [7, 11) is 0. The van der Waals surface area contributed by atoms with Crippen LogP contribution in [0.3, 0.4) is 0 Å². The van der Waals surface area contributed by atoms with E-state index in [2.05, 4.69) is 24.1 Å². The summed E-state index contributed by atoms with van der Waals surface area (Å²) in [6.07, 6.45) is 0.545. The summed E-state index contributed by atoms with van der Waals surface area (Å²) in [5.74, 6) is -0.899. The quantitative estimate of drug-likeness (QED) is 0.572.